The quantitative estimate of drug-likeness (QED) is 0.189. The number of hydrogen-bond acceptors (Lipinski definition) is 5. The van der Waals surface area contributed by atoms with Crippen LogP contribution in [0.15, 0.2) is 27.8 Å². The molecule has 1 saturated heterocycles. The zero-order chi connectivity index (χ0) is 18.7. The molecule has 0 radical (unpaired) electrons. The van der Waals surface area contributed by atoms with Gasteiger partial charge in [-0.25, -0.2) is 0 Å². The minimum atomic E-state index is 0. The molecule has 158 valence electrons. The molecule has 8 nitrogen and oxygen atoms in total. The topological polar surface area (TPSA) is 91.1 Å². The highest BCUT2D eigenvalue weighted by Crippen LogP contribution is 2.28. The number of amides is 1. The Morgan fingerprint density at radius 2 is 1.89 bits per heavy atom. The number of furan rings is 1. The lowest BCUT2D eigenvalue weighted by molar-refractivity contribution is -0.122. The molecule has 0 spiro atoms. The monoisotopic (exact) mass is 505 g/mol. The van der Waals surface area contributed by atoms with Crippen LogP contribution in [0.5, 0.6) is 0 Å². The van der Waals surface area contributed by atoms with Crippen LogP contribution in [0.3, 0.4) is 0 Å². The number of halogens is 1. The molecule has 1 amide bonds. The molecule has 0 atom stereocenters. The standard InChI is InChI=1S/C19H31N5O3.HI/c25-18(16-3-4-16)20-7-8-22-19(21-6-5-17-2-1-13-27-17)23-9-10-24-11-14-26-15-12-24;/h1-2,13,16H,3-12,14-15H2,(H,20,25)(H2,21,22,23);1H. The molecule has 0 unspecified atom stereocenters. The summed E-state index contributed by atoms with van der Waals surface area (Å²) in [7, 11) is 0. The fourth-order valence-electron chi connectivity index (χ4n) is 2.92. The summed E-state index contributed by atoms with van der Waals surface area (Å²) in [5, 5.41) is 9.61. The number of aliphatic imine (C=N–C) groups is 1. The van der Waals surface area contributed by atoms with Crippen LogP contribution in [0, 0.1) is 5.92 Å². The number of morpholine rings is 1. The van der Waals surface area contributed by atoms with E-state index in [0.717, 1.165) is 76.9 Å². The summed E-state index contributed by atoms with van der Waals surface area (Å²) in [6.45, 7) is 7.20. The Morgan fingerprint density at radius 1 is 1.14 bits per heavy atom. The van der Waals surface area contributed by atoms with E-state index in [1.165, 1.54) is 0 Å². The summed E-state index contributed by atoms with van der Waals surface area (Å²) in [5.41, 5.74) is 0. The minimum Gasteiger partial charge on any atom is -0.469 e. The summed E-state index contributed by atoms with van der Waals surface area (Å²) < 4.78 is 10.7. The zero-order valence-electron chi connectivity index (χ0n) is 16.3. The number of guanidine groups is 1. The number of nitrogens with one attached hydrogen (secondary N) is 3. The average molecular weight is 505 g/mol. The maximum Gasteiger partial charge on any atom is 0.223 e. The van der Waals surface area contributed by atoms with Crippen molar-refractivity contribution in [2.24, 2.45) is 10.9 Å². The number of hydrogen-bond donors (Lipinski definition) is 3. The number of nitrogens with zero attached hydrogens (tertiary/aromatic N) is 2. The van der Waals surface area contributed by atoms with Crippen LogP contribution in [-0.4, -0.2) is 75.8 Å². The van der Waals surface area contributed by atoms with Gasteiger partial charge in [0.15, 0.2) is 5.96 Å². The fraction of sp³-hybridized carbons (Fsp3) is 0.684. The first-order valence-corrected chi connectivity index (χ1v) is 9.93. The molecular weight excluding hydrogens is 473 g/mol. The molecule has 0 aromatic carbocycles. The van der Waals surface area contributed by atoms with E-state index in [-0.39, 0.29) is 35.8 Å². The van der Waals surface area contributed by atoms with E-state index in [9.17, 15) is 4.79 Å². The lowest BCUT2D eigenvalue weighted by Gasteiger charge is -2.25. The number of carbonyl (C=O) groups excluding carboxylic acids is 1. The number of ether oxygens (including phenoxy) is 1. The lowest BCUT2D eigenvalue weighted by Crippen LogP contribution is -2.43. The van der Waals surface area contributed by atoms with Crippen molar-refractivity contribution in [3.05, 3.63) is 24.2 Å². The van der Waals surface area contributed by atoms with Gasteiger partial charge in [-0.2, -0.15) is 0 Å². The first-order chi connectivity index (χ1) is 13.3. The first-order valence-electron chi connectivity index (χ1n) is 9.93. The molecule has 2 aliphatic rings. The van der Waals surface area contributed by atoms with Gasteiger partial charge in [0.1, 0.15) is 5.76 Å². The van der Waals surface area contributed by atoms with Crippen LogP contribution < -0.4 is 16.0 Å². The zero-order valence-corrected chi connectivity index (χ0v) is 18.7. The molecule has 3 rings (SSSR count). The molecule has 1 aromatic rings. The van der Waals surface area contributed by atoms with Crippen molar-refractivity contribution in [3.63, 3.8) is 0 Å². The molecular formula is C19H32IN5O3. The van der Waals surface area contributed by atoms with E-state index < -0.39 is 0 Å². The maximum absolute atomic E-state index is 11.7. The van der Waals surface area contributed by atoms with Crippen molar-refractivity contribution in [1.29, 1.82) is 0 Å². The van der Waals surface area contributed by atoms with Gasteiger partial charge in [-0.15, -0.1) is 24.0 Å². The van der Waals surface area contributed by atoms with Crippen molar-refractivity contribution in [2.75, 3.05) is 59.0 Å². The van der Waals surface area contributed by atoms with Crippen molar-refractivity contribution in [1.82, 2.24) is 20.9 Å². The molecule has 3 N–H and O–H groups in total. The van der Waals surface area contributed by atoms with Gasteiger partial charge in [0.2, 0.25) is 5.91 Å². The van der Waals surface area contributed by atoms with Crippen LogP contribution in [0.4, 0.5) is 0 Å². The van der Waals surface area contributed by atoms with Crippen LogP contribution in [0.2, 0.25) is 0 Å². The van der Waals surface area contributed by atoms with Gasteiger partial charge in [0.05, 0.1) is 26.0 Å². The Morgan fingerprint density at radius 3 is 2.61 bits per heavy atom. The fourth-order valence-corrected chi connectivity index (χ4v) is 2.92. The van der Waals surface area contributed by atoms with Crippen LogP contribution >= 0.6 is 24.0 Å². The van der Waals surface area contributed by atoms with Crippen molar-refractivity contribution in [2.45, 2.75) is 19.3 Å². The largest absolute Gasteiger partial charge is 0.469 e. The molecule has 1 aliphatic carbocycles. The smallest absolute Gasteiger partial charge is 0.223 e. The van der Waals surface area contributed by atoms with E-state index in [2.05, 4.69) is 25.8 Å². The third kappa shape index (κ3) is 8.78. The number of rotatable bonds is 10. The molecule has 9 heteroatoms. The Balaban J connectivity index is 0.00000280. The van der Waals surface area contributed by atoms with Gasteiger partial charge in [-0.3, -0.25) is 14.7 Å². The van der Waals surface area contributed by atoms with Gasteiger partial charge in [0.25, 0.3) is 0 Å². The molecule has 2 heterocycles. The second-order valence-corrected chi connectivity index (χ2v) is 6.93. The Bertz CT molecular complexity index is 586. The summed E-state index contributed by atoms with van der Waals surface area (Å²) in [5.74, 6) is 2.15. The third-order valence-corrected chi connectivity index (χ3v) is 4.70. The highest BCUT2D eigenvalue weighted by molar-refractivity contribution is 14.0. The Labute approximate surface area is 183 Å². The van der Waals surface area contributed by atoms with Crippen LogP contribution in [-0.2, 0) is 16.0 Å². The highest BCUT2D eigenvalue weighted by Gasteiger charge is 2.28. The van der Waals surface area contributed by atoms with E-state index in [1.54, 1.807) is 6.26 Å². The van der Waals surface area contributed by atoms with E-state index in [1.807, 2.05) is 12.1 Å². The summed E-state index contributed by atoms with van der Waals surface area (Å²) in [4.78, 5) is 18.7. The van der Waals surface area contributed by atoms with E-state index >= 15 is 0 Å². The lowest BCUT2D eigenvalue weighted by atomic mass is 10.3. The SMILES string of the molecule is I.O=C(NCCNC(=NCCN1CCOCC1)NCCc1ccco1)C1CC1. The molecule has 0 bridgehead atoms. The molecule has 28 heavy (non-hydrogen) atoms. The molecule has 2 fully saturated rings. The van der Waals surface area contributed by atoms with Crippen molar-refractivity contribution >= 4 is 35.8 Å². The highest BCUT2D eigenvalue weighted by atomic mass is 127. The molecule has 1 aromatic heterocycles. The van der Waals surface area contributed by atoms with E-state index in [4.69, 9.17) is 9.15 Å². The van der Waals surface area contributed by atoms with Gasteiger partial charge in [0, 0.05) is 51.6 Å². The third-order valence-electron chi connectivity index (χ3n) is 4.70. The van der Waals surface area contributed by atoms with E-state index in [0.29, 0.717) is 13.1 Å². The predicted octanol–water partition coefficient (Wildman–Crippen LogP) is 0.834. The Kier molecular flexibility index (Phi) is 10.7. The second kappa shape index (κ2) is 13.0. The average Bonchev–Trinajstić information content (AvgIpc) is 3.42. The minimum absolute atomic E-state index is 0. The number of carbonyl (C=O) groups is 1. The molecule has 1 aliphatic heterocycles. The normalized spacial score (nSPS) is 17.6. The summed E-state index contributed by atoms with van der Waals surface area (Å²) >= 11 is 0. The summed E-state index contributed by atoms with van der Waals surface area (Å²) in [6, 6.07) is 3.87. The van der Waals surface area contributed by atoms with Crippen LogP contribution in [0.1, 0.15) is 18.6 Å². The predicted molar refractivity (Wildman–Crippen MR) is 119 cm³/mol. The Hall–Kier alpha value is -1.33. The van der Waals surface area contributed by atoms with Gasteiger partial charge >= 0.3 is 0 Å². The van der Waals surface area contributed by atoms with Gasteiger partial charge in [-0.05, 0) is 25.0 Å². The van der Waals surface area contributed by atoms with Crippen molar-refractivity contribution in [3.8, 4) is 0 Å². The maximum atomic E-state index is 11.7. The van der Waals surface area contributed by atoms with Crippen LogP contribution in [0.25, 0.3) is 0 Å². The first kappa shape index (κ1) is 23.0. The summed E-state index contributed by atoms with van der Waals surface area (Å²) in [6.07, 6.45) is 4.55. The van der Waals surface area contributed by atoms with Crippen molar-refractivity contribution < 1.29 is 13.9 Å². The van der Waals surface area contributed by atoms with Gasteiger partial charge < -0.3 is 25.1 Å². The second-order valence-electron chi connectivity index (χ2n) is 6.93. The molecule has 1 saturated carbocycles. The van der Waals surface area contributed by atoms with Gasteiger partial charge in [-0.1, -0.05) is 0 Å².